The van der Waals surface area contributed by atoms with Crippen LogP contribution in [0.4, 0.5) is 0 Å². The van der Waals surface area contributed by atoms with Crippen molar-refractivity contribution >= 4 is 0 Å². The zero-order valence-electron chi connectivity index (χ0n) is 8.24. The van der Waals surface area contributed by atoms with Gasteiger partial charge in [-0.3, -0.25) is 9.80 Å². The molecule has 0 amide bonds. The van der Waals surface area contributed by atoms with E-state index in [4.69, 9.17) is 4.74 Å². The zero-order valence-corrected chi connectivity index (χ0v) is 8.24. The van der Waals surface area contributed by atoms with E-state index in [-0.39, 0.29) is 0 Å². The van der Waals surface area contributed by atoms with Gasteiger partial charge in [0.1, 0.15) is 0 Å². The fourth-order valence-electron chi connectivity index (χ4n) is 2.18. The summed E-state index contributed by atoms with van der Waals surface area (Å²) in [7, 11) is 4.06. The highest BCUT2D eigenvalue weighted by atomic mass is 16.5. The Kier molecular flexibility index (Phi) is 3.19. The highest BCUT2D eigenvalue weighted by Crippen LogP contribution is 2.17. The van der Waals surface area contributed by atoms with Crippen LogP contribution in [-0.2, 0) is 4.74 Å². The number of rotatable bonds is 2. The molecule has 2 saturated heterocycles. The van der Waals surface area contributed by atoms with Crippen molar-refractivity contribution in [1.29, 1.82) is 0 Å². The van der Waals surface area contributed by atoms with E-state index in [1.54, 1.807) is 0 Å². The third kappa shape index (κ3) is 2.42. The van der Waals surface area contributed by atoms with Gasteiger partial charge in [-0.2, -0.15) is 0 Å². The molecule has 0 aliphatic carbocycles. The van der Waals surface area contributed by atoms with E-state index in [0.717, 1.165) is 26.3 Å². The lowest BCUT2D eigenvalue weighted by atomic mass is 10.2. The molecule has 0 aromatic heterocycles. The molecule has 3 heteroatoms. The van der Waals surface area contributed by atoms with Gasteiger partial charge in [-0.25, -0.2) is 0 Å². The highest BCUT2D eigenvalue weighted by Gasteiger charge is 2.23. The fourth-order valence-corrected chi connectivity index (χ4v) is 2.18. The van der Waals surface area contributed by atoms with Gasteiger partial charge in [0.2, 0.25) is 0 Å². The van der Waals surface area contributed by atoms with Crippen LogP contribution < -0.4 is 0 Å². The fraction of sp³-hybridized carbons (Fsp3) is 0.900. The smallest absolute Gasteiger partial charge is 0.0594 e. The monoisotopic (exact) mass is 183 g/mol. The number of ether oxygens (including phenoxy) is 1. The molecular weight excluding hydrogens is 164 g/mol. The van der Waals surface area contributed by atoms with Gasteiger partial charge < -0.3 is 4.74 Å². The van der Waals surface area contributed by atoms with Crippen molar-refractivity contribution in [1.82, 2.24) is 9.80 Å². The normalized spacial score (nSPS) is 32.5. The van der Waals surface area contributed by atoms with E-state index in [9.17, 15) is 0 Å². The summed E-state index contributed by atoms with van der Waals surface area (Å²) in [6, 6.07) is 0.693. The molecule has 2 rings (SSSR count). The van der Waals surface area contributed by atoms with Crippen molar-refractivity contribution in [3.63, 3.8) is 0 Å². The molecular formula is C10H19N2O. The standard InChI is InChI=1S/C10H19N2O/c1-11-4-2-3-10(11)9-12-5-7-13-8-6-12/h10H,1-9H2. The molecule has 2 heterocycles. The van der Waals surface area contributed by atoms with Crippen molar-refractivity contribution in [2.75, 3.05) is 39.4 Å². The minimum Gasteiger partial charge on any atom is -0.379 e. The molecule has 0 bridgehead atoms. The predicted octanol–water partition coefficient (Wildman–Crippen LogP) is 0.575. The Hall–Kier alpha value is -0.120. The molecule has 75 valence electrons. The van der Waals surface area contributed by atoms with Gasteiger partial charge in [0.25, 0.3) is 0 Å². The van der Waals surface area contributed by atoms with E-state index in [1.807, 2.05) is 0 Å². The number of likely N-dealkylation sites (tertiary alicyclic amines) is 1. The topological polar surface area (TPSA) is 15.7 Å². The quantitative estimate of drug-likeness (QED) is 0.622. The van der Waals surface area contributed by atoms with Crippen LogP contribution in [0.3, 0.4) is 0 Å². The summed E-state index contributed by atoms with van der Waals surface area (Å²) < 4.78 is 5.32. The molecule has 2 aliphatic heterocycles. The van der Waals surface area contributed by atoms with Crippen molar-refractivity contribution in [3.05, 3.63) is 7.05 Å². The molecule has 0 saturated carbocycles. The van der Waals surface area contributed by atoms with Crippen LogP contribution in [0.5, 0.6) is 0 Å². The lowest BCUT2D eigenvalue weighted by molar-refractivity contribution is 0.0295. The minimum absolute atomic E-state index is 0.693. The maximum atomic E-state index is 5.32. The second-order valence-electron chi connectivity index (χ2n) is 4.02. The lowest BCUT2D eigenvalue weighted by Gasteiger charge is -2.31. The van der Waals surface area contributed by atoms with Crippen LogP contribution in [0.15, 0.2) is 0 Å². The summed E-state index contributed by atoms with van der Waals surface area (Å²) in [4.78, 5) is 4.74. The van der Waals surface area contributed by atoms with Crippen LogP contribution in [0.1, 0.15) is 12.8 Å². The van der Waals surface area contributed by atoms with Gasteiger partial charge in [-0.1, -0.05) is 0 Å². The number of nitrogens with zero attached hydrogens (tertiary/aromatic N) is 2. The van der Waals surface area contributed by atoms with E-state index in [0.29, 0.717) is 6.04 Å². The summed E-state index contributed by atoms with van der Waals surface area (Å²) in [5.41, 5.74) is 0. The molecule has 1 radical (unpaired) electrons. The highest BCUT2D eigenvalue weighted by molar-refractivity contribution is 4.82. The predicted molar refractivity (Wildman–Crippen MR) is 52.3 cm³/mol. The summed E-state index contributed by atoms with van der Waals surface area (Å²) in [6.07, 6.45) is 2.64. The number of hydrogen-bond donors (Lipinski definition) is 0. The first kappa shape index (κ1) is 9.44. The Labute approximate surface area is 80.6 Å². The Morgan fingerprint density at radius 1 is 1.23 bits per heavy atom. The van der Waals surface area contributed by atoms with Gasteiger partial charge in [-0.05, 0) is 19.4 Å². The first-order chi connectivity index (χ1) is 6.36. The molecule has 0 N–H and O–H groups in total. The molecule has 3 nitrogen and oxygen atoms in total. The Morgan fingerprint density at radius 3 is 2.62 bits per heavy atom. The van der Waals surface area contributed by atoms with Crippen molar-refractivity contribution in [3.8, 4) is 0 Å². The average Bonchev–Trinajstić information content (AvgIpc) is 2.54. The summed E-state index contributed by atoms with van der Waals surface area (Å²) in [5, 5.41) is 0. The molecule has 0 aromatic rings. The van der Waals surface area contributed by atoms with Gasteiger partial charge in [0.05, 0.1) is 13.2 Å². The van der Waals surface area contributed by atoms with Crippen LogP contribution >= 0.6 is 0 Å². The van der Waals surface area contributed by atoms with Gasteiger partial charge in [0, 0.05) is 32.7 Å². The van der Waals surface area contributed by atoms with Gasteiger partial charge in [0.15, 0.2) is 0 Å². The zero-order chi connectivity index (χ0) is 9.10. The molecule has 13 heavy (non-hydrogen) atoms. The largest absolute Gasteiger partial charge is 0.379 e. The van der Waals surface area contributed by atoms with Crippen LogP contribution in [0.2, 0.25) is 0 Å². The Morgan fingerprint density at radius 2 is 2.00 bits per heavy atom. The third-order valence-corrected chi connectivity index (χ3v) is 3.07. The third-order valence-electron chi connectivity index (χ3n) is 3.07. The second-order valence-corrected chi connectivity index (χ2v) is 4.02. The molecule has 1 unspecified atom stereocenters. The summed E-state index contributed by atoms with van der Waals surface area (Å²) in [5.74, 6) is 0. The molecule has 0 spiro atoms. The van der Waals surface area contributed by atoms with Gasteiger partial charge in [-0.15, -0.1) is 0 Å². The molecule has 1 atom stereocenters. The Balaban J connectivity index is 1.75. The Bertz CT molecular complexity index is 157. The summed E-state index contributed by atoms with van der Waals surface area (Å²) >= 11 is 0. The molecule has 2 aliphatic rings. The maximum absolute atomic E-state index is 5.32. The SMILES string of the molecule is [CH2]N1CCCC1CN1CCOCC1. The molecule has 2 fully saturated rings. The first-order valence-corrected chi connectivity index (χ1v) is 5.23. The average molecular weight is 183 g/mol. The lowest BCUT2D eigenvalue weighted by Crippen LogP contribution is -2.43. The van der Waals surface area contributed by atoms with E-state index < -0.39 is 0 Å². The van der Waals surface area contributed by atoms with E-state index >= 15 is 0 Å². The van der Waals surface area contributed by atoms with Gasteiger partial charge >= 0.3 is 0 Å². The first-order valence-electron chi connectivity index (χ1n) is 5.23. The second kappa shape index (κ2) is 4.40. The van der Waals surface area contributed by atoms with Crippen molar-refractivity contribution < 1.29 is 4.74 Å². The number of hydrogen-bond acceptors (Lipinski definition) is 3. The van der Waals surface area contributed by atoms with Crippen LogP contribution in [-0.4, -0.2) is 55.2 Å². The molecule has 0 aromatic carbocycles. The summed E-state index contributed by atoms with van der Waals surface area (Å²) in [6.45, 7) is 6.38. The van der Waals surface area contributed by atoms with Crippen molar-refractivity contribution in [2.45, 2.75) is 18.9 Å². The number of morpholine rings is 1. The maximum Gasteiger partial charge on any atom is 0.0594 e. The van der Waals surface area contributed by atoms with Crippen LogP contribution in [0, 0.1) is 7.05 Å². The van der Waals surface area contributed by atoms with E-state index in [1.165, 1.54) is 25.9 Å². The van der Waals surface area contributed by atoms with E-state index in [2.05, 4.69) is 16.8 Å². The van der Waals surface area contributed by atoms with Crippen molar-refractivity contribution in [2.24, 2.45) is 0 Å². The minimum atomic E-state index is 0.693. The van der Waals surface area contributed by atoms with Crippen LogP contribution in [0.25, 0.3) is 0 Å².